The second kappa shape index (κ2) is 11.0. The first kappa shape index (κ1) is 18.2. The lowest BCUT2D eigenvalue weighted by Gasteiger charge is -2.14. The topological polar surface area (TPSA) is 117 Å². The lowest BCUT2D eigenvalue weighted by Crippen LogP contribution is -2.48. The molecule has 8 heteroatoms. The molecule has 0 heterocycles. The Morgan fingerprint density at radius 2 is 1.95 bits per heavy atom. The predicted octanol–water partition coefficient (Wildman–Crippen LogP) is -0.308. The number of hydrogen-bond donors (Lipinski definition) is 4. The van der Waals surface area contributed by atoms with Crippen molar-refractivity contribution >= 4 is 17.9 Å². The number of hydrogen-bond acceptors (Lipinski definition) is 4. The molecule has 1 unspecified atom stereocenters. The van der Waals surface area contributed by atoms with E-state index in [0.29, 0.717) is 19.6 Å². The molecule has 0 bridgehead atoms. The summed E-state index contributed by atoms with van der Waals surface area (Å²) in [7, 11) is 1.52. The number of aliphatic carboxylic acids is 1. The van der Waals surface area contributed by atoms with Crippen LogP contribution in [0.5, 0.6) is 0 Å². The van der Waals surface area contributed by atoms with Gasteiger partial charge in [-0.1, -0.05) is 6.92 Å². The Morgan fingerprint density at radius 1 is 1.25 bits per heavy atom. The van der Waals surface area contributed by atoms with Crippen molar-refractivity contribution in [3.63, 3.8) is 0 Å². The summed E-state index contributed by atoms with van der Waals surface area (Å²) >= 11 is 0. The van der Waals surface area contributed by atoms with Crippen LogP contribution in [0, 0.1) is 0 Å². The van der Waals surface area contributed by atoms with Crippen molar-refractivity contribution in [2.45, 2.75) is 32.2 Å². The van der Waals surface area contributed by atoms with E-state index in [1.807, 2.05) is 6.92 Å². The van der Waals surface area contributed by atoms with Crippen LogP contribution >= 0.6 is 0 Å². The third-order valence-electron chi connectivity index (χ3n) is 2.43. The first-order valence-electron chi connectivity index (χ1n) is 6.54. The molecule has 116 valence electrons. The first-order valence-corrected chi connectivity index (χ1v) is 6.54. The molecule has 3 amide bonds. The van der Waals surface area contributed by atoms with Gasteiger partial charge in [-0.05, 0) is 19.3 Å². The van der Waals surface area contributed by atoms with Gasteiger partial charge in [0.15, 0.2) is 0 Å². The van der Waals surface area contributed by atoms with Gasteiger partial charge in [-0.2, -0.15) is 0 Å². The highest BCUT2D eigenvalue weighted by molar-refractivity contribution is 5.86. The van der Waals surface area contributed by atoms with E-state index in [0.717, 1.165) is 6.42 Å². The molecular weight excluding hydrogens is 266 g/mol. The van der Waals surface area contributed by atoms with E-state index >= 15 is 0 Å². The maximum atomic E-state index is 11.5. The quantitative estimate of drug-likeness (QED) is 0.412. The largest absolute Gasteiger partial charge is 0.480 e. The summed E-state index contributed by atoms with van der Waals surface area (Å²) in [5, 5.41) is 16.2. The molecule has 20 heavy (non-hydrogen) atoms. The Bertz CT molecular complexity index is 322. The average Bonchev–Trinajstić information content (AvgIpc) is 2.41. The fourth-order valence-corrected chi connectivity index (χ4v) is 1.39. The monoisotopic (exact) mass is 289 g/mol. The van der Waals surface area contributed by atoms with Gasteiger partial charge in [0.25, 0.3) is 0 Å². The van der Waals surface area contributed by atoms with Crippen LogP contribution in [-0.2, 0) is 14.3 Å². The normalized spacial score (nSPS) is 11.5. The average molecular weight is 289 g/mol. The molecule has 8 nitrogen and oxygen atoms in total. The number of methoxy groups -OCH3 is 1. The van der Waals surface area contributed by atoms with E-state index in [9.17, 15) is 14.4 Å². The maximum absolute atomic E-state index is 11.5. The van der Waals surface area contributed by atoms with Crippen molar-refractivity contribution in [2.75, 3.05) is 26.8 Å². The van der Waals surface area contributed by atoms with Gasteiger partial charge in [0, 0.05) is 20.3 Å². The van der Waals surface area contributed by atoms with Crippen LogP contribution in [0.4, 0.5) is 4.79 Å². The van der Waals surface area contributed by atoms with Gasteiger partial charge in [-0.3, -0.25) is 4.79 Å². The van der Waals surface area contributed by atoms with Gasteiger partial charge in [0.05, 0.1) is 6.54 Å². The number of carboxylic acid groups (broad SMARTS) is 1. The molecular formula is C12H23N3O5. The van der Waals surface area contributed by atoms with Crippen LogP contribution in [0.2, 0.25) is 0 Å². The molecule has 0 radical (unpaired) electrons. The SMILES string of the molecule is CCCNC(=O)CNC(=O)NC(CCCOC)C(=O)O. The van der Waals surface area contributed by atoms with E-state index in [1.165, 1.54) is 7.11 Å². The van der Waals surface area contributed by atoms with Gasteiger partial charge in [0.1, 0.15) is 6.04 Å². The summed E-state index contributed by atoms with van der Waals surface area (Å²) in [4.78, 5) is 33.7. The lowest BCUT2D eigenvalue weighted by molar-refractivity contribution is -0.139. The fraction of sp³-hybridized carbons (Fsp3) is 0.750. The summed E-state index contributed by atoms with van der Waals surface area (Å²) in [5.74, 6) is -1.43. The van der Waals surface area contributed by atoms with Gasteiger partial charge in [-0.15, -0.1) is 0 Å². The van der Waals surface area contributed by atoms with E-state index in [-0.39, 0.29) is 18.9 Å². The van der Waals surface area contributed by atoms with E-state index in [2.05, 4.69) is 16.0 Å². The van der Waals surface area contributed by atoms with Crippen molar-refractivity contribution in [1.82, 2.24) is 16.0 Å². The minimum atomic E-state index is -1.12. The minimum Gasteiger partial charge on any atom is -0.480 e. The third kappa shape index (κ3) is 9.15. The third-order valence-corrected chi connectivity index (χ3v) is 2.43. The van der Waals surface area contributed by atoms with Crippen molar-refractivity contribution in [2.24, 2.45) is 0 Å². The van der Waals surface area contributed by atoms with Crippen LogP contribution < -0.4 is 16.0 Å². The molecule has 0 aliphatic heterocycles. The van der Waals surface area contributed by atoms with Gasteiger partial charge in [-0.25, -0.2) is 9.59 Å². The molecule has 0 saturated carbocycles. The molecule has 0 rings (SSSR count). The van der Waals surface area contributed by atoms with Crippen molar-refractivity contribution in [1.29, 1.82) is 0 Å². The number of amides is 3. The minimum absolute atomic E-state index is 0.184. The summed E-state index contributed by atoms with van der Waals surface area (Å²) in [6.07, 6.45) is 1.59. The molecule has 0 aliphatic carbocycles. The summed E-state index contributed by atoms with van der Waals surface area (Å²) in [6.45, 7) is 2.69. The second-order valence-corrected chi connectivity index (χ2v) is 4.20. The molecule has 0 aromatic rings. The number of carbonyl (C=O) groups excluding carboxylic acids is 2. The van der Waals surface area contributed by atoms with Crippen LogP contribution in [0.3, 0.4) is 0 Å². The van der Waals surface area contributed by atoms with Crippen molar-refractivity contribution < 1.29 is 24.2 Å². The zero-order chi connectivity index (χ0) is 15.4. The maximum Gasteiger partial charge on any atom is 0.326 e. The van der Waals surface area contributed by atoms with Gasteiger partial charge >= 0.3 is 12.0 Å². The zero-order valence-corrected chi connectivity index (χ0v) is 11.9. The van der Waals surface area contributed by atoms with E-state index < -0.39 is 18.0 Å². The fourth-order valence-electron chi connectivity index (χ4n) is 1.39. The molecule has 4 N–H and O–H groups in total. The molecule has 0 aromatic carbocycles. The molecule has 0 saturated heterocycles. The number of rotatable bonds is 10. The van der Waals surface area contributed by atoms with Crippen LogP contribution in [-0.4, -0.2) is 55.9 Å². The Hall–Kier alpha value is -1.83. The Balaban J connectivity index is 4.00. The van der Waals surface area contributed by atoms with Crippen LogP contribution in [0.25, 0.3) is 0 Å². The Morgan fingerprint density at radius 3 is 2.50 bits per heavy atom. The van der Waals surface area contributed by atoms with E-state index in [4.69, 9.17) is 9.84 Å². The van der Waals surface area contributed by atoms with Crippen LogP contribution in [0.15, 0.2) is 0 Å². The smallest absolute Gasteiger partial charge is 0.326 e. The van der Waals surface area contributed by atoms with Crippen molar-refractivity contribution in [3.8, 4) is 0 Å². The lowest BCUT2D eigenvalue weighted by atomic mass is 10.1. The van der Waals surface area contributed by atoms with Crippen molar-refractivity contribution in [3.05, 3.63) is 0 Å². The highest BCUT2D eigenvalue weighted by atomic mass is 16.5. The number of nitrogens with one attached hydrogen (secondary N) is 3. The molecule has 0 spiro atoms. The number of carbonyl (C=O) groups is 3. The van der Waals surface area contributed by atoms with E-state index in [1.54, 1.807) is 0 Å². The highest BCUT2D eigenvalue weighted by Gasteiger charge is 2.19. The summed E-state index contributed by atoms with van der Waals surface area (Å²) in [5.41, 5.74) is 0. The summed E-state index contributed by atoms with van der Waals surface area (Å²) in [6, 6.07) is -1.68. The number of urea groups is 1. The zero-order valence-electron chi connectivity index (χ0n) is 11.9. The Labute approximate surface area is 118 Å². The molecule has 0 aromatic heterocycles. The molecule has 1 atom stereocenters. The van der Waals surface area contributed by atoms with Gasteiger partial charge in [0.2, 0.25) is 5.91 Å². The molecule has 0 aliphatic rings. The number of ether oxygens (including phenoxy) is 1. The molecule has 0 fully saturated rings. The first-order chi connectivity index (χ1) is 9.51. The summed E-state index contributed by atoms with van der Waals surface area (Å²) < 4.78 is 4.82. The standard InChI is InChI=1S/C12H23N3O5/c1-3-6-13-10(16)8-14-12(19)15-9(11(17)18)5-4-7-20-2/h9H,3-8H2,1-2H3,(H,13,16)(H,17,18)(H2,14,15,19). The van der Waals surface area contributed by atoms with Gasteiger partial charge < -0.3 is 25.8 Å². The Kier molecular flexibility index (Phi) is 10.0. The van der Waals surface area contributed by atoms with Crippen LogP contribution in [0.1, 0.15) is 26.2 Å². The second-order valence-electron chi connectivity index (χ2n) is 4.20. The highest BCUT2D eigenvalue weighted by Crippen LogP contribution is 1.98. The predicted molar refractivity (Wildman–Crippen MR) is 72.4 cm³/mol. The number of carboxylic acids is 1.